The number of aromatic nitrogens is 2. The van der Waals surface area contributed by atoms with E-state index in [0.717, 1.165) is 5.56 Å². The molecule has 5 heteroatoms. The average molecular weight is 252 g/mol. The summed E-state index contributed by atoms with van der Waals surface area (Å²) in [7, 11) is 0. The minimum atomic E-state index is 0.144. The number of nitroso groups, excluding NO2 is 1. The summed E-state index contributed by atoms with van der Waals surface area (Å²) >= 11 is 0. The molecule has 5 nitrogen and oxygen atoms in total. The van der Waals surface area contributed by atoms with Gasteiger partial charge < -0.3 is 4.57 Å². The third-order valence-corrected chi connectivity index (χ3v) is 2.64. The zero-order valence-electron chi connectivity index (χ0n) is 10.2. The number of nitriles is 1. The molecule has 0 N–H and O–H groups in total. The fourth-order valence-electron chi connectivity index (χ4n) is 1.71. The van der Waals surface area contributed by atoms with Gasteiger partial charge >= 0.3 is 0 Å². The molecule has 0 saturated carbocycles. The zero-order valence-corrected chi connectivity index (χ0v) is 10.2. The summed E-state index contributed by atoms with van der Waals surface area (Å²) in [5, 5.41) is 11.5. The Balaban J connectivity index is 2.27. The van der Waals surface area contributed by atoms with Gasteiger partial charge in [0.15, 0.2) is 0 Å². The van der Waals surface area contributed by atoms with Crippen LogP contribution in [0.4, 0.5) is 5.82 Å². The number of benzene rings is 1. The molecule has 0 aliphatic rings. The van der Waals surface area contributed by atoms with Crippen molar-refractivity contribution in [2.45, 2.75) is 13.0 Å². The predicted octanol–water partition coefficient (Wildman–Crippen LogP) is 3.37. The highest BCUT2D eigenvalue weighted by Crippen LogP contribution is 2.20. The molecular weight excluding hydrogens is 240 g/mol. The van der Waals surface area contributed by atoms with Crippen molar-refractivity contribution in [2.75, 3.05) is 0 Å². The van der Waals surface area contributed by atoms with Gasteiger partial charge in [0.1, 0.15) is 0 Å². The van der Waals surface area contributed by atoms with Crippen molar-refractivity contribution in [2.24, 2.45) is 5.18 Å². The summed E-state index contributed by atoms with van der Waals surface area (Å²) in [4.78, 5) is 14.6. The Hall–Kier alpha value is -2.74. The van der Waals surface area contributed by atoms with Crippen LogP contribution in [-0.4, -0.2) is 9.55 Å². The van der Waals surface area contributed by atoms with Crippen LogP contribution in [0.1, 0.15) is 17.7 Å². The van der Waals surface area contributed by atoms with Crippen LogP contribution < -0.4 is 0 Å². The van der Waals surface area contributed by atoms with Gasteiger partial charge in [0, 0.05) is 6.54 Å². The molecule has 0 aliphatic heterocycles. The van der Waals surface area contributed by atoms with Gasteiger partial charge in [0.25, 0.3) is 0 Å². The smallest absolute Gasteiger partial charge is 0.221 e. The first-order chi connectivity index (χ1) is 9.35. The van der Waals surface area contributed by atoms with Gasteiger partial charge in [-0.2, -0.15) is 5.26 Å². The van der Waals surface area contributed by atoms with E-state index in [1.54, 1.807) is 10.6 Å². The molecule has 0 aliphatic carbocycles. The molecule has 1 aromatic carbocycles. The summed E-state index contributed by atoms with van der Waals surface area (Å²) in [5.74, 6) is 0.144. The van der Waals surface area contributed by atoms with Crippen LogP contribution in [0.3, 0.4) is 0 Å². The monoisotopic (exact) mass is 252 g/mol. The van der Waals surface area contributed by atoms with Gasteiger partial charge in [-0.05, 0) is 16.8 Å². The Morgan fingerprint density at radius 1 is 1.32 bits per heavy atom. The lowest BCUT2D eigenvalue weighted by Gasteiger charge is -2.01. The highest BCUT2D eigenvalue weighted by Gasteiger charge is 2.08. The minimum Gasteiger partial charge on any atom is -0.328 e. The molecule has 94 valence electrons. The first-order valence-electron chi connectivity index (χ1n) is 5.83. The van der Waals surface area contributed by atoms with Crippen molar-refractivity contribution in [3.8, 4) is 6.07 Å². The predicted molar refractivity (Wildman–Crippen MR) is 73.3 cm³/mol. The topological polar surface area (TPSA) is 71.0 Å². The molecule has 0 amide bonds. The molecule has 0 radical (unpaired) electrons. The highest BCUT2D eigenvalue weighted by molar-refractivity contribution is 5.72. The normalized spacial score (nSPS) is 10.5. The van der Waals surface area contributed by atoms with E-state index in [9.17, 15) is 4.91 Å². The Bertz CT molecular complexity index is 623. The maximum absolute atomic E-state index is 10.7. The molecule has 2 rings (SSSR count). The van der Waals surface area contributed by atoms with E-state index in [4.69, 9.17) is 5.26 Å². The van der Waals surface area contributed by atoms with Crippen LogP contribution in [0.15, 0.2) is 41.8 Å². The van der Waals surface area contributed by atoms with Crippen molar-refractivity contribution in [3.63, 3.8) is 0 Å². The number of rotatable bonds is 5. The van der Waals surface area contributed by atoms with Crippen molar-refractivity contribution in [3.05, 3.63) is 52.8 Å². The second-order valence-electron chi connectivity index (χ2n) is 3.89. The molecule has 1 heterocycles. The van der Waals surface area contributed by atoms with Gasteiger partial charge in [-0.15, -0.1) is 4.91 Å². The standard InChI is InChI=1S/C14H12N4O/c15-9-4-10-18-11-16-14(17-19)13(18)8-7-12-5-2-1-3-6-12/h1-3,5-8,11H,4,10H2/b8-7+. The van der Waals surface area contributed by atoms with Crippen LogP contribution >= 0.6 is 0 Å². The van der Waals surface area contributed by atoms with Crippen molar-refractivity contribution in [1.29, 1.82) is 5.26 Å². The fraction of sp³-hybridized carbons (Fsp3) is 0.143. The van der Waals surface area contributed by atoms with Gasteiger partial charge in [-0.3, -0.25) is 0 Å². The Labute approximate surface area is 110 Å². The molecule has 2 aromatic rings. The minimum absolute atomic E-state index is 0.144. The molecule has 0 bridgehead atoms. The van der Waals surface area contributed by atoms with E-state index in [2.05, 4.69) is 16.2 Å². The van der Waals surface area contributed by atoms with Crippen LogP contribution in [0.5, 0.6) is 0 Å². The second-order valence-corrected chi connectivity index (χ2v) is 3.89. The molecular formula is C14H12N4O. The number of aryl methyl sites for hydroxylation is 1. The lowest BCUT2D eigenvalue weighted by molar-refractivity contribution is 0.709. The second kappa shape index (κ2) is 6.26. The zero-order chi connectivity index (χ0) is 13.5. The summed E-state index contributed by atoms with van der Waals surface area (Å²) in [6.45, 7) is 0.494. The molecule has 0 atom stereocenters. The van der Waals surface area contributed by atoms with Crippen molar-refractivity contribution >= 4 is 18.0 Å². The van der Waals surface area contributed by atoms with Crippen LogP contribution in [-0.2, 0) is 6.54 Å². The van der Waals surface area contributed by atoms with Crippen molar-refractivity contribution in [1.82, 2.24) is 9.55 Å². The van der Waals surface area contributed by atoms with Crippen LogP contribution in [0.2, 0.25) is 0 Å². The van der Waals surface area contributed by atoms with E-state index in [1.165, 1.54) is 6.33 Å². The first-order valence-corrected chi connectivity index (χ1v) is 5.83. The Kier molecular flexibility index (Phi) is 4.19. The first kappa shape index (κ1) is 12.7. The summed E-state index contributed by atoms with van der Waals surface area (Å²) in [5.41, 5.74) is 1.64. The Morgan fingerprint density at radius 2 is 2.11 bits per heavy atom. The van der Waals surface area contributed by atoms with Gasteiger partial charge in [0.05, 0.1) is 24.5 Å². The maximum Gasteiger partial charge on any atom is 0.221 e. The molecule has 0 fully saturated rings. The molecule has 0 unspecified atom stereocenters. The third kappa shape index (κ3) is 3.13. The fourth-order valence-corrected chi connectivity index (χ4v) is 1.71. The van der Waals surface area contributed by atoms with E-state index in [1.807, 2.05) is 36.4 Å². The number of imidazole rings is 1. The van der Waals surface area contributed by atoms with Gasteiger partial charge in [-0.25, -0.2) is 4.98 Å². The van der Waals surface area contributed by atoms with E-state index < -0.39 is 0 Å². The maximum atomic E-state index is 10.7. The number of hydrogen-bond acceptors (Lipinski definition) is 4. The summed E-state index contributed by atoms with van der Waals surface area (Å²) in [6.07, 6.45) is 5.56. The number of hydrogen-bond donors (Lipinski definition) is 0. The van der Waals surface area contributed by atoms with E-state index in [-0.39, 0.29) is 5.82 Å². The molecule has 1 aromatic heterocycles. The lowest BCUT2D eigenvalue weighted by atomic mass is 10.2. The SMILES string of the molecule is N#CCCn1cnc(N=O)c1/C=C/c1ccccc1. The largest absolute Gasteiger partial charge is 0.328 e. The quantitative estimate of drug-likeness (QED) is 0.766. The van der Waals surface area contributed by atoms with Crippen molar-refractivity contribution < 1.29 is 0 Å². The highest BCUT2D eigenvalue weighted by atomic mass is 16.3. The van der Waals surface area contributed by atoms with Gasteiger partial charge in [0.2, 0.25) is 5.82 Å². The van der Waals surface area contributed by atoms with Gasteiger partial charge in [-0.1, -0.05) is 36.4 Å². The number of nitrogens with zero attached hydrogens (tertiary/aromatic N) is 4. The average Bonchev–Trinajstić information content (AvgIpc) is 2.86. The van der Waals surface area contributed by atoms with Crippen LogP contribution in [0, 0.1) is 16.2 Å². The summed E-state index contributed by atoms with van der Waals surface area (Å²) in [6, 6.07) is 11.8. The summed E-state index contributed by atoms with van der Waals surface area (Å²) < 4.78 is 1.75. The Morgan fingerprint density at radius 3 is 2.79 bits per heavy atom. The molecule has 0 saturated heterocycles. The van der Waals surface area contributed by atoms with Crippen LogP contribution in [0.25, 0.3) is 12.2 Å². The van der Waals surface area contributed by atoms with E-state index >= 15 is 0 Å². The molecule has 0 spiro atoms. The lowest BCUT2D eigenvalue weighted by Crippen LogP contribution is -1.97. The third-order valence-electron chi connectivity index (χ3n) is 2.64. The van der Waals surface area contributed by atoms with E-state index in [0.29, 0.717) is 18.7 Å². The molecule has 19 heavy (non-hydrogen) atoms.